The molecule has 0 radical (unpaired) electrons. The van der Waals surface area contributed by atoms with Crippen LogP contribution in [-0.4, -0.2) is 56.9 Å². The minimum atomic E-state index is -3.31. The zero-order valence-electron chi connectivity index (χ0n) is 17.7. The summed E-state index contributed by atoms with van der Waals surface area (Å²) in [6, 6.07) is 9.35. The van der Waals surface area contributed by atoms with E-state index in [0.717, 1.165) is 23.3 Å². The number of sulfonamides is 1. The Hall–Kier alpha value is -1.44. The van der Waals surface area contributed by atoms with Crippen molar-refractivity contribution in [2.45, 2.75) is 49.8 Å². The van der Waals surface area contributed by atoms with Crippen LogP contribution in [-0.2, 0) is 20.6 Å². The number of nitrogens with zero attached hydrogens (tertiary/aromatic N) is 1. The van der Waals surface area contributed by atoms with Crippen molar-refractivity contribution in [2.75, 3.05) is 32.7 Å². The van der Waals surface area contributed by atoms with Crippen LogP contribution in [0.15, 0.2) is 30.3 Å². The number of amides is 1. The van der Waals surface area contributed by atoms with Crippen LogP contribution in [0.3, 0.4) is 0 Å². The van der Waals surface area contributed by atoms with E-state index in [1.807, 2.05) is 30.3 Å². The van der Waals surface area contributed by atoms with Crippen LogP contribution in [0.5, 0.6) is 0 Å². The Morgan fingerprint density at radius 3 is 2.13 bits per heavy atom. The summed E-state index contributed by atoms with van der Waals surface area (Å²) in [5.74, 6) is 2.68. The Balaban J connectivity index is 1.12. The van der Waals surface area contributed by atoms with Crippen molar-refractivity contribution in [2.24, 2.45) is 17.8 Å². The zero-order valence-corrected chi connectivity index (χ0v) is 18.5. The summed E-state index contributed by atoms with van der Waals surface area (Å²) in [4.78, 5) is 14.0. The van der Waals surface area contributed by atoms with Gasteiger partial charge in [-0.25, -0.2) is 8.42 Å². The van der Waals surface area contributed by atoms with E-state index in [9.17, 15) is 13.2 Å². The van der Waals surface area contributed by atoms with Crippen LogP contribution in [0.1, 0.15) is 44.1 Å². The standard InChI is InChI=1S/C23H33N3O3S/c27-22(24-23-13-19-10-20(14-23)12-21(11-19)15-23)16-25-6-8-26(9-7-25)30(28,29)17-18-4-2-1-3-5-18/h1-5,19-21H,6-17H2,(H,24,27)/p+1. The summed E-state index contributed by atoms with van der Waals surface area (Å²) in [6.07, 6.45) is 7.64. The molecule has 4 saturated carbocycles. The van der Waals surface area contributed by atoms with Gasteiger partial charge >= 0.3 is 0 Å². The van der Waals surface area contributed by atoms with Crippen LogP contribution in [0.25, 0.3) is 0 Å². The van der Waals surface area contributed by atoms with Crippen molar-refractivity contribution in [1.29, 1.82) is 0 Å². The number of benzene rings is 1. The smallest absolute Gasteiger partial charge is 0.275 e. The fraction of sp³-hybridized carbons (Fsp3) is 0.696. The average molecular weight is 433 g/mol. The highest BCUT2D eigenvalue weighted by molar-refractivity contribution is 7.88. The molecule has 2 N–H and O–H groups in total. The second kappa shape index (κ2) is 7.92. The molecule has 6 nitrogen and oxygen atoms in total. The quantitative estimate of drug-likeness (QED) is 0.699. The van der Waals surface area contributed by atoms with Crippen molar-refractivity contribution in [3.05, 3.63) is 35.9 Å². The first-order chi connectivity index (χ1) is 14.4. The highest BCUT2D eigenvalue weighted by Crippen LogP contribution is 2.55. The summed E-state index contributed by atoms with van der Waals surface area (Å²) < 4.78 is 27.1. The predicted molar refractivity (Wildman–Crippen MR) is 115 cm³/mol. The van der Waals surface area contributed by atoms with E-state index in [1.54, 1.807) is 4.31 Å². The monoisotopic (exact) mass is 432 g/mol. The summed E-state index contributed by atoms with van der Waals surface area (Å²) >= 11 is 0. The van der Waals surface area contributed by atoms with Crippen molar-refractivity contribution in [3.8, 4) is 0 Å². The Morgan fingerprint density at radius 1 is 1.00 bits per heavy atom. The highest BCUT2D eigenvalue weighted by atomic mass is 32.2. The van der Waals surface area contributed by atoms with Gasteiger partial charge in [-0.1, -0.05) is 30.3 Å². The molecule has 1 aliphatic heterocycles. The Kier molecular flexibility index (Phi) is 5.40. The lowest BCUT2D eigenvalue weighted by atomic mass is 9.53. The maximum atomic E-state index is 12.9. The fourth-order valence-corrected chi connectivity index (χ4v) is 8.50. The number of quaternary nitrogens is 1. The van der Waals surface area contributed by atoms with Gasteiger partial charge in [0.05, 0.1) is 31.9 Å². The molecule has 1 amide bonds. The molecule has 0 atom stereocenters. The predicted octanol–water partition coefficient (Wildman–Crippen LogP) is 0.802. The zero-order chi connectivity index (χ0) is 20.8. The molecule has 6 rings (SSSR count). The number of hydrogen-bond acceptors (Lipinski definition) is 3. The molecular formula is C23H34N3O3S+. The van der Waals surface area contributed by atoms with Gasteiger partial charge in [-0.15, -0.1) is 0 Å². The van der Waals surface area contributed by atoms with Gasteiger partial charge in [-0.3, -0.25) is 4.79 Å². The summed E-state index contributed by atoms with van der Waals surface area (Å²) in [5, 5.41) is 3.45. The lowest BCUT2D eigenvalue weighted by Gasteiger charge is -2.56. The van der Waals surface area contributed by atoms with E-state index in [0.29, 0.717) is 32.7 Å². The fourth-order valence-electron chi connectivity index (χ4n) is 6.96. The van der Waals surface area contributed by atoms with Gasteiger partial charge in [-0.2, -0.15) is 4.31 Å². The minimum Gasteiger partial charge on any atom is -0.346 e. The topological polar surface area (TPSA) is 70.9 Å². The van der Waals surface area contributed by atoms with E-state index in [2.05, 4.69) is 5.32 Å². The second-order valence-electron chi connectivity index (χ2n) is 10.3. The van der Waals surface area contributed by atoms with Gasteiger partial charge in [-0.05, 0) is 61.8 Å². The number of carbonyl (C=O) groups excluding carboxylic acids is 1. The molecule has 1 saturated heterocycles. The molecule has 1 aromatic rings. The summed E-state index contributed by atoms with van der Waals surface area (Å²) in [5.41, 5.74) is 0.883. The van der Waals surface area contributed by atoms with Crippen LogP contribution < -0.4 is 10.2 Å². The summed E-state index contributed by atoms with van der Waals surface area (Å²) in [6.45, 7) is 2.85. The van der Waals surface area contributed by atoms with Crippen molar-refractivity contribution < 1.29 is 18.1 Å². The molecule has 0 spiro atoms. The molecular weight excluding hydrogens is 398 g/mol. The first-order valence-corrected chi connectivity index (χ1v) is 13.2. The van der Waals surface area contributed by atoms with Crippen molar-refractivity contribution in [1.82, 2.24) is 9.62 Å². The molecule has 0 aromatic heterocycles. The third-order valence-corrected chi connectivity index (χ3v) is 9.72. The van der Waals surface area contributed by atoms with Crippen molar-refractivity contribution >= 4 is 15.9 Å². The molecule has 30 heavy (non-hydrogen) atoms. The maximum Gasteiger partial charge on any atom is 0.275 e. The van der Waals surface area contributed by atoms with Crippen LogP contribution in [0.2, 0.25) is 0 Å². The van der Waals surface area contributed by atoms with E-state index in [-0.39, 0.29) is 17.2 Å². The molecule has 5 aliphatic rings. The molecule has 164 valence electrons. The number of hydrogen-bond donors (Lipinski definition) is 2. The molecule has 0 unspecified atom stereocenters. The molecule has 4 aliphatic carbocycles. The van der Waals surface area contributed by atoms with Crippen molar-refractivity contribution in [3.63, 3.8) is 0 Å². The molecule has 4 bridgehead atoms. The van der Waals surface area contributed by atoms with Crippen LogP contribution >= 0.6 is 0 Å². The average Bonchev–Trinajstić information content (AvgIpc) is 2.67. The van der Waals surface area contributed by atoms with E-state index >= 15 is 0 Å². The van der Waals surface area contributed by atoms with Gasteiger partial charge in [0.15, 0.2) is 6.54 Å². The van der Waals surface area contributed by atoms with Gasteiger partial charge in [0.1, 0.15) is 0 Å². The van der Waals surface area contributed by atoms with E-state index in [1.165, 1.54) is 43.4 Å². The molecule has 7 heteroatoms. The summed E-state index contributed by atoms with van der Waals surface area (Å²) in [7, 11) is -3.31. The molecule has 5 fully saturated rings. The third-order valence-electron chi connectivity index (χ3n) is 7.87. The minimum absolute atomic E-state index is 0.0513. The Bertz CT molecular complexity index is 843. The number of carbonyl (C=O) groups is 1. The van der Waals surface area contributed by atoms with Gasteiger partial charge in [0, 0.05) is 5.54 Å². The number of piperazine rings is 1. The highest BCUT2D eigenvalue weighted by Gasteiger charge is 2.51. The Morgan fingerprint density at radius 2 is 1.57 bits per heavy atom. The van der Waals surface area contributed by atoms with E-state index in [4.69, 9.17) is 0 Å². The lowest BCUT2D eigenvalue weighted by molar-refractivity contribution is -0.895. The number of rotatable bonds is 6. The largest absolute Gasteiger partial charge is 0.346 e. The molecule has 1 aromatic carbocycles. The normalized spacial score (nSPS) is 34.2. The lowest BCUT2D eigenvalue weighted by Crippen LogP contribution is -3.16. The van der Waals surface area contributed by atoms with Gasteiger partial charge < -0.3 is 10.2 Å². The molecule has 1 heterocycles. The van der Waals surface area contributed by atoms with E-state index < -0.39 is 10.0 Å². The van der Waals surface area contributed by atoms with Gasteiger partial charge in [0.25, 0.3) is 5.91 Å². The third kappa shape index (κ3) is 4.30. The second-order valence-corrected chi connectivity index (χ2v) is 12.3. The Labute approximate surface area is 180 Å². The number of nitrogens with one attached hydrogen (secondary N) is 2. The SMILES string of the molecule is O=C(C[NH+]1CCN(S(=O)(=O)Cc2ccccc2)CC1)NC12CC3CC(CC(C3)C1)C2. The maximum absolute atomic E-state index is 12.9. The van der Waals surface area contributed by atoms with Gasteiger partial charge in [0.2, 0.25) is 10.0 Å². The first-order valence-electron chi connectivity index (χ1n) is 11.6. The van der Waals surface area contributed by atoms with Crippen LogP contribution in [0, 0.1) is 17.8 Å². The van der Waals surface area contributed by atoms with Crippen LogP contribution in [0.4, 0.5) is 0 Å². The first kappa shape index (κ1) is 20.5.